The zero-order chi connectivity index (χ0) is 13.1. The zero-order valence-electron chi connectivity index (χ0n) is 11.1. The normalized spacial score (nSPS) is 19.0. The number of nitrogens with zero attached hydrogens (tertiary/aromatic N) is 2. The molecule has 3 nitrogen and oxygen atoms in total. The fraction of sp³-hybridized carbons (Fsp3) is 0.571. The summed E-state index contributed by atoms with van der Waals surface area (Å²) in [6, 6.07) is 5.01. The highest BCUT2D eigenvalue weighted by Gasteiger charge is 2.18. The molecule has 0 saturated carbocycles. The van der Waals surface area contributed by atoms with Gasteiger partial charge in [0.25, 0.3) is 0 Å². The van der Waals surface area contributed by atoms with E-state index in [1.54, 1.807) is 19.1 Å². The number of rotatable bonds is 3. The van der Waals surface area contributed by atoms with E-state index in [1.165, 1.54) is 6.07 Å². The van der Waals surface area contributed by atoms with Gasteiger partial charge in [0.2, 0.25) is 0 Å². The molecular formula is C14H21FN2O. The van der Waals surface area contributed by atoms with Crippen molar-refractivity contribution >= 4 is 5.69 Å². The molecule has 1 N–H and O–H groups in total. The first-order chi connectivity index (χ1) is 8.61. The van der Waals surface area contributed by atoms with Crippen LogP contribution in [0.4, 0.5) is 10.1 Å². The molecule has 1 unspecified atom stereocenters. The van der Waals surface area contributed by atoms with Crippen LogP contribution in [0.1, 0.15) is 25.5 Å². The Morgan fingerprint density at radius 3 is 2.44 bits per heavy atom. The topological polar surface area (TPSA) is 26.7 Å². The highest BCUT2D eigenvalue weighted by molar-refractivity contribution is 5.49. The van der Waals surface area contributed by atoms with Gasteiger partial charge in [0.1, 0.15) is 5.82 Å². The van der Waals surface area contributed by atoms with E-state index in [1.807, 2.05) is 0 Å². The third kappa shape index (κ3) is 2.82. The number of piperazine rings is 1. The van der Waals surface area contributed by atoms with Crippen LogP contribution in [-0.2, 0) is 0 Å². The summed E-state index contributed by atoms with van der Waals surface area (Å²) in [6.07, 6.45) is -0.620. The molecule has 100 valence electrons. The largest absolute Gasteiger partial charge is 0.389 e. The molecule has 0 radical (unpaired) electrons. The van der Waals surface area contributed by atoms with Gasteiger partial charge >= 0.3 is 0 Å². The van der Waals surface area contributed by atoms with Crippen molar-refractivity contribution in [3.05, 3.63) is 29.6 Å². The van der Waals surface area contributed by atoms with Crippen molar-refractivity contribution in [3.63, 3.8) is 0 Å². The molecule has 2 rings (SSSR count). The van der Waals surface area contributed by atoms with Crippen LogP contribution in [-0.4, -0.2) is 42.7 Å². The summed E-state index contributed by atoms with van der Waals surface area (Å²) in [4.78, 5) is 4.44. The van der Waals surface area contributed by atoms with Crippen LogP contribution < -0.4 is 4.90 Å². The van der Waals surface area contributed by atoms with Gasteiger partial charge < -0.3 is 14.9 Å². The fourth-order valence-corrected chi connectivity index (χ4v) is 2.34. The molecule has 1 aromatic carbocycles. The third-order valence-electron chi connectivity index (χ3n) is 3.61. The van der Waals surface area contributed by atoms with Crippen molar-refractivity contribution in [2.24, 2.45) is 0 Å². The van der Waals surface area contributed by atoms with Crippen LogP contribution in [0.25, 0.3) is 0 Å². The van der Waals surface area contributed by atoms with Gasteiger partial charge in [-0.3, -0.25) is 0 Å². The molecule has 0 bridgehead atoms. The average molecular weight is 252 g/mol. The Morgan fingerprint density at radius 1 is 1.28 bits per heavy atom. The summed E-state index contributed by atoms with van der Waals surface area (Å²) in [5, 5.41) is 9.43. The van der Waals surface area contributed by atoms with Gasteiger partial charge in [-0.25, -0.2) is 4.39 Å². The van der Waals surface area contributed by atoms with Crippen LogP contribution in [0, 0.1) is 5.82 Å². The van der Waals surface area contributed by atoms with E-state index >= 15 is 0 Å². The SMILES string of the molecule is CCN1CCN(c2ccc(C(C)O)cc2F)CC1. The maximum Gasteiger partial charge on any atom is 0.146 e. The lowest BCUT2D eigenvalue weighted by atomic mass is 10.1. The summed E-state index contributed by atoms with van der Waals surface area (Å²) in [6.45, 7) is 8.53. The number of aliphatic hydroxyl groups is 1. The second kappa shape index (κ2) is 5.67. The molecule has 1 fully saturated rings. The summed E-state index contributed by atoms with van der Waals surface area (Å²) in [5.41, 5.74) is 1.28. The van der Waals surface area contributed by atoms with Gasteiger partial charge in [-0.15, -0.1) is 0 Å². The first kappa shape index (κ1) is 13.3. The molecule has 1 aliphatic rings. The van der Waals surface area contributed by atoms with Crippen molar-refractivity contribution in [1.29, 1.82) is 0 Å². The number of hydrogen-bond acceptors (Lipinski definition) is 3. The quantitative estimate of drug-likeness (QED) is 0.891. The predicted molar refractivity (Wildman–Crippen MR) is 71.4 cm³/mol. The van der Waals surface area contributed by atoms with E-state index < -0.39 is 6.10 Å². The van der Waals surface area contributed by atoms with Crippen LogP contribution in [0.15, 0.2) is 18.2 Å². The number of anilines is 1. The molecule has 4 heteroatoms. The zero-order valence-corrected chi connectivity index (χ0v) is 11.1. The maximum atomic E-state index is 14.0. The van der Waals surface area contributed by atoms with Gasteiger partial charge in [0, 0.05) is 26.2 Å². The maximum absolute atomic E-state index is 14.0. The highest BCUT2D eigenvalue weighted by atomic mass is 19.1. The molecule has 18 heavy (non-hydrogen) atoms. The highest BCUT2D eigenvalue weighted by Crippen LogP contribution is 2.24. The Kier molecular flexibility index (Phi) is 4.19. The smallest absolute Gasteiger partial charge is 0.146 e. The van der Waals surface area contributed by atoms with Crippen molar-refractivity contribution < 1.29 is 9.50 Å². The number of aliphatic hydroxyl groups excluding tert-OH is 1. The summed E-state index contributed by atoms with van der Waals surface area (Å²) < 4.78 is 14.0. The monoisotopic (exact) mass is 252 g/mol. The van der Waals surface area contributed by atoms with Crippen LogP contribution in [0.3, 0.4) is 0 Å². The molecule has 0 aliphatic carbocycles. The molecule has 1 atom stereocenters. The Labute approximate surface area is 108 Å². The van der Waals surface area contributed by atoms with E-state index in [4.69, 9.17) is 0 Å². The minimum Gasteiger partial charge on any atom is -0.389 e. The summed E-state index contributed by atoms with van der Waals surface area (Å²) in [7, 11) is 0. The Balaban J connectivity index is 2.10. The van der Waals surface area contributed by atoms with Crippen LogP contribution in [0.5, 0.6) is 0 Å². The number of benzene rings is 1. The van der Waals surface area contributed by atoms with Crippen molar-refractivity contribution in [2.75, 3.05) is 37.6 Å². The Morgan fingerprint density at radius 2 is 1.94 bits per heavy atom. The first-order valence-corrected chi connectivity index (χ1v) is 6.56. The Hall–Kier alpha value is -1.13. The minimum atomic E-state index is -0.620. The minimum absolute atomic E-state index is 0.238. The Bertz CT molecular complexity index is 401. The lowest BCUT2D eigenvalue weighted by Crippen LogP contribution is -2.46. The third-order valence-corrected chi connectivity index (χ3v) is 3.61. The van der Waals surface area contributed by atoms with Gasteiger partial charge in [-0.05, 0) is 31.2 Å². The number of likely N-dealkylation sites (N-methyl/N-ethyl adjacent to an activating group) is 1. The average Bonchev–Trinajstić information content (AvgIpc) is 2.38. The second-order valence-electron chi connectivity index (χ2n) is 4.81. The molecule has 0 amide bonds. The number of halogens is 1. The molecule has 1 saturated heterocycles. The summed E-state index contributed by atoms with van der Waals surface area (Å²) >= 11 is 0. The van der Waals surface area contributed by atoms with Gasteiger partial charge in [0.05, 0.1) is 11.8 Å². The van der Waals surface area contributed by atoms with Crippen molar-refractivity contribution in [1.82, 2.24) is 4.90 Å². The molecular weight excluding hydrogens is 231 g/mol. The first-order valence-electron chi connectivity index (χ1n) is 6.56. The second-order valence-corrected chi connectivity index (χ2v) is 4.81. The van der Waals surface area contributed by atoms with Gasteiger partial charge in [0.15, 0.2) is 0 Å². The van der Waals surface area contributed by atoms with E-state index in [0.717, 1.165) is 32.7 Å². The van der Waals surface area contributed by atoms with Crippen molar-refractivity contribution in [2.45, 2.75) is 20.0 Å². The van der Waals surface area contributed by atoms with E-state index in [-0.39, 0.29) is 5.82 Å². The molecule has 0 spiro atoms. The fourth-order valence-electron chi connectivity index (χ4n) is 2.34. The lowest BCUT2D eigenvalue weighted by Gasteiger charge is -2.35. The molecule has 0 aromatic heterocycles. The molecule has 1 aromatic rings. The van der Waals surface area contributed by atoms with Gasteiger partial charge in [-0.1, -0.05) is 13.0 Å². The van der Waals surface area contributed by atoms with E-state index in [0.29, 0.717) is 11.3 Å². The van der Waals surface area contributed by atoms with Gasteiger partial charge in [-0.2, -0.15) is 0 Å². The lowest BCUT2D eigenvalue weighted by molar-refractivity contribution is 0.199. The van der Waals surface area contributed by atoms with Crippen LogP contribution in [0.2, 0.25) is 0 Å². The van der Waals surface area contributed by atoms with E-state index in [9.17, 15) is 9.50 Å². The van der Waals surface area contributed by atoms with Crippen LogP contribution >= 0.6 is 0 Å². The standard InChI is InChI=1S/C14H21FN2O/c1-3-16-6-8-17(9-7-16)14-5-4-12(11(2)18)10-13(14)15/h4-5,10-11,18H,3,6-9H2,1-2H3. The molecule has 1 heterocycles. The van der Waals surface area contributed by atoms with E-state index in [2.05, 4.69) is 16.7 Å². The predicted octanol–water partition coefficient (Wildman–Crippen LogP) is 2.02. The summed E-state index contributed by atoms with van der Waals surface area (Å²) in [5.74, 6) is -0.238. The van der Waals surface area contributed by atoms with Crippen molar-refractivity contribution in [3.8, 4) is 0 Å². The number of hydrogen-bond donors (Lipinski definition) is 1. The molecule has 1 aliphatic heterocycles.